The summed E-state index contributed by atoms with van der Waals surface area (Å²) in [6, 6.07) is 0. The molecular weight excluding hydrogens is 676 g/mol. The molecule has 22 unspecified atom stereocenters. The van der Waals surface area contributed by atoms with E-state index in [1.54, 1.807) is 0 Å². The van der Waals surface area contributed by atoms with E-state index in [2.05, 4.69) is 27.7 Å². The molecule has 4 aliphatic carbocycles. The van der Waals surface area contributed by atoms with Crippen molar-refractivity contribution in [3.63, 3.8) is 0 Å². The molecule has 0 aromatic carbocycles. The van der Waals surface area contributed by atoms with Gasteiger partial charge in [-0.05, 0) is 104 Å². The average Bonchev–Trinajstić information content (AvgIpc) is 3.56. The van der Waals surface area contributed by atoms with E-state index in [0.717, 1.165) is 45.1 Å². The van der Waals surface area contributed by atoms with Gasteiger partial charge in [0.2, 0.25) is 0 Å². The molecule has 4 saturated heterocycles. The summed E-state index contributed by atoms with van der Waals surface area (Å²) in [6.07, 6.45) is -3.89. The topological polar surface area (TPSA) is 197 Å². The Balaban J connectivity index is 0.944. The van der Waals surface area contributed by atoms with Crippen LogP contribution in [0.5, 0.6) is 0 Å². The molecule has 22 atom stereocenters. The molecule has 13 nitrogen and oxygen atoms in total. The highest BCUT2D eigenvalue weighted by molar-refractivity contribution is 5.15. The molecule has 298 valence electrons. The summed E-state index contributed by atoms with van der Waals surface area (Å²) in [5, 5.41) is 72.7. The number of aliphatic hydroxyl groups is 7. The molecule has 0 amide bonds. The summed E-state index contributed by atoms with van der Waals surface area (Å²) >= 11 is 0. The third kappa shape index (κ3) is 5.98. The zero-order chi connectivity index (χ0) is 36.9. The van der Waals surface area contributed by atoms with E-state index in [1.165, 1.54) is 25.7 Å². The van der Waals surface area contributed by atoms with Crippen LogP contribution < -0.4 is 0 Å². The maximum absolute atomic E-state index is 11.2. The van der Waals surface area contributed by atoms with Gasteiger partial charge in [0.05, 0.1) is 32.0 Å². The van der Waals surface area contributed by atoms with E-state index >= 15 is 0 Å². The standard InChI is InChI=1S/C39H64O13/c1-18-9-12-39(47-17-18)19(2)28-24-8-7-22-23(38(24,4)14-25(28)52-39)6-5-20-13-21(10-11-37(20,22)3)48-36-34(32(45)30(43)27(16-41)50-36)51-35-33(46)31(44)29(42)26(15-40)49-35/h18-36,40-46H,5-17H2,1-4H3. The van der Waals surface area contributed by atoms with Crippen LogP contribution in [0, 0.1) is 52.3 Å². The minimum absolute atomic E-state index is 0.160. The predicted molar refractivity (Wildman–Crippen MR) is 183 cm³/mol. The Labute approximate surface area is 307 Å². The summed E-state index contributed by atoms with van der Waals surface area (Å²) in [5.41, 5.74) is 0.409. The molecule has 8 fully saturated rings. The van der Waals surface area contributed by atoms with Gasteiger partial charge in [0.25, 0.3) is 0 Å². The molecule has 1 spiro atoms. The van der Waals surface area contributed by atoms with Gasteiger partial charge in [0.1, 0.15) is 48.8 Å². The first-order valence-electron chi connectivity index (χ1n) is 20.3. The van der Waals surface area contributed by atoms with Crippen molar-refractivity contribution in [3.8, 4) is 0 Å². The highest BCUT2D eigenvalue weighted by Crippen LogP contribution is 2.71. The molecule has 8 aliphatic rings. The fraction of sp³-hybridized carbons (Fsp3) is 1.00. The first-order valence-corrected chi connectivity index (χ1v) is 20.3. The van der Waals surface area contributed by atoms with Gasteiger partial charge in [0.15, 0.2) is 18.4 Å². The normalized spacial score (nSPS) is 59.0. The third-order valence-electron chi connectivity index (χ3n) is 16.2. The maximum Gasteiger partial charge on any atom is 0.187 e. The summed E-state index contributed by atoms with van der Waals surface area (Å²) in [5.74, 6) is 3.52. The molecule has 0 bridgehead atoms. The van der Waals surface area contributed by atoms with Gasteiger partial charge in [-0.25, -0.2) is 0 Å². The van der Waals surface area contributed by atoms with Crippen molar-refractivity contribution in [2.75, 3.05) is 19.8 Å². The molecule has 4 saturated carbocycles. The lowest BCUT2D eigenvalue weighted by atomic mass is 9.43. The van der Waals surface area contributed by atoms with Crippen molar-refractivity contribution >= 4 is 0 Å². The molecule has 0 aromatic heterocycles. The van der Waals surface area contributed by atoms with E-state index in [0.29, 0.717) is 41.4 Å². The van der Waals surface area contributed by atoms with E-state index < -0.39 is 80.4 Å². The second-order valence-electron chi connectivity index (χ2n) is 18.7. The molecule has 52 heavy (non-hydrogen) atoms. The zero-order valence-corrected chi connectivity index (χ0v) is 31.2. The summed E-state index contributed by atoms with van der Waals surface area (Å²) in [6.45, 7) is 9.34. The fourth-order valence-electron chi connectivity index (χ4n) is 13.1. The molecule has 4 aliphatic heterocycles. The third-order valence-corrected chi connectivity index (χ3v) is 16.2. The maximum atomic E-state index is 11.2. The van der Waals surface area contributed by atoms with Crippen LogP contribution in [-0.4, -0.2) is 135 Å². The van der Waals surface area contributed by atoms with E-state index in [4.69, 9.17) is 28.4 Å². The quantitative estimate of drug-likeness (QED) is 0.194. The SMILES string of the molecule is CC1CCC2(OC1)OC1CC3(C)C(CCC4C3CCC3CC(OC5OC(CO)C(O)C(O)C5OC5OC(CO)C(O)C(O)C5O)CCC34C)C1C2C. The molecule has 8 rings (SSSR count). The Bertz CT molecular complexity index is 1260. The molecule has 0 radical (unpaired) electrons. The molecule has 0 aromatic rings. The summed E-state index contributed by atoms with van der Waals surface area (Å²) in [4.78, 5) is 0. The van der Waals surface area contributed by atoms with Crippen molar-refractivity contribution in [3.05, 3.63) is 0 Å². The van der Waals surface area contributed by atoms with E-state index in [1.807, 2.05) is 0 Å². The Morgan fingerprint density at radius 3 is 2.02 bits per heavy atom. The number of aliphatic hydroxyl groups excluding tert-OH is 7. The average molecular weight is 741 g/mol. The Morgan fingerprint density at radius 2 is 1.33 bits per heavy atom. The Hall–Kier alpha value is -0.520. The molecule has 4 heterocycles. The summed E-state index contributed by atoms with van der Waals surface area (Å²) in [7, 11) is 0. The summed E-state index contributed by atoms with van der Waals surface area (Å²) < 4.78 is 37.5. The van der Waals surface area contributed by atoms with Crippen LogP contribution in [0.25, 0.3) is 0 Å². The van der Waals surface area contributed by atoms with Crippen molar-refractivity contribution in [2.24, 2.45) is 52.3 Å². The number of hydrogen-bond donors (Lipinski definition) is 7. The van der Waals surface area contributed by atoms with Gasteiger partial charge in [-0.15, -0.1) is 0 Å². The smallest absolute Gasteiger partial charge is 0.187 e. The lowest BCUT2D eigenvalue weighted by molar-refractivity contribution is -0.373. The van der Waals surface area contributed by atoms with Gasteiger partial charge in [0, 0.05) is 12.3 Å². The molecule has 7 N–H and O–H groups in total. The van der Waals surface area contributed by atoms with Crippen molar-refractivity contribution < 1.29 is 64.2 Å². The second-order valence-corrected chi connectivity index (χ2v) is 18.7. The van der Waals surface area contributed by atoms with E-state index in [9.17, 15) is 35.7 Å². The first-order chi connectivity index (χ1) is 24.7. The fourth-order valence-corrected chi connectivity index (χ4v) is 13.1. The second kappa shape index (κ2) is 14.1. The highest BCUT2D eigenvalue weighted by Gasteiger charge is 2.69. The van der Waals surface area contributed by atoms with Gasteiger partial charge in [-0.2, -0.15) is 0 Å². The Kier molecular flexibility index (Phi) is 10.4. The lowest BCUT2D eigenvalue weighted by Gasteiger charge is -2.62. The van der Waals surface area contributed by atoms with Gasteiger partial charge < -0.3 is 64.2 Å². The van der Waals surface area contributed by atoms with Crippen molar-refractivity contribution in [1.82, 2.24) is 0 Å². The number of rotatable bonds is 6. The minimum Gasteiger partial charge on any atom is -0.394 e. The Morgan fingerprint density at radius 1 is 0.673 bits per heavy atom. The van der Waals surface area contributed by atoms with Gasteiger partial charge in [-0.1, -0.05) is 27.7 Å². The lowest BCUT2D eigenvalue weighted by Crippen LogP contribution is -2.65. The van der Waals surface area contributed by atoms with Crippen molar-refractivity contribution in [1.29, 1.82) is 0 Å². The van der Waals surface area contributed by atoms with Crippen LogP contribution in [-0.2, 0) is 28.4 Å². The zero-order valence-electron chi connectivity index (χ0n) is 31.2. The van der Waals surface area contributed by atoms with Crippen LogP contribution in [0.15, 0.2) is 0 Å². The van der Waals surface area contributed by atoms with Crippen LogP contribution >= 0.6 is 0 Å². The van der Waals surface area contributed by atoms with E-state index in [-0.39, 0.29) is 23.0 Å². The molecular formula is C39H64O13. The van der Waals surface area contributed by atoms with Crippen molar-refractivity contribution in [2.45, 2.75) is 171 Å². The van der Waals surface area contributed by atoms with Crippen LogP contribution in [0.4, 0.5) is 0 Å². The predicted octanol–water partition coefficient (Wildman–Crippen LogP) is 1.44. The highest BCUT2D eigenvalue weighted by atomic mass is 16.8. The monoisotopic (exact) mass is 740 g/mol. The molecule has 13 heteroatoms. The van der Waals surface area contributed by atoms with Gasteiger partial charge in [-0.3, -0.25) is 0 Å². The van der Waals surface area contributed by atoms with Crippen LogP contribution in [0.2, 0.25) is 0 Å². The van der Waals surface area contributed by atoms with Crippen LogP contribution in [0.1, 0.15) is 91.9 Å². The largest absolute Gasteiger partial charge is 0.394 e. The van der Waals surface area contributed by atoms with Crippen LogP contribution in [0.3, 0.4) is 0 Å². The number of fused-ring (bicyclic) bond motifs is 7. The number of hydrogen-bond acceptors (Lipinski definition) is 13. The number of ether oxygens (including phenoxy) is 6. The first kappa shape index (κ1) is 38.4. The minimum atomic E-state index is -1.71. The van der Waals surface area contributed by atoms with Gasteiger partial charge >= 0.3 is 0 Å².